The van der Waals surface area contributed by atoms with Crippen LogP contribution in [0.3, 0.4) is 0 Å². The highest BCUT2D eigenvalue weighted by atomic mass is 32.2. The number of hydrogen-bond donors (Lipinski definition) is 2. The Morgan fingerprint density at radius 2 is 2.47 bits per heavy atom. The average Bonchev–Trinajstić information content (AvgIpc) is 2.96. The molecule has 2 N–H and O–H groups in total. The first-order valence-electron chi connectivity index (χ1n) is 5.31. The van der Waals surface area contributed by atoms with Crippen LogP contribution in [0.25, 0.3) is 0 Å². The standard InChI is InChI=1S/C10H13N3O3S/c1-2-8-13(7(5-17-8)10(15)16)9(14)6-3-11-12-4-6/h3-4,7-8H,2,5H2,1H3,(H,11,12)(H,15,16). The van der Waals surface area contributed by atoms with Gasteiger partial charge in [0.05, 0.1) is 17.1 Å². The van der Waals surface area contributed by atoms with Crippen LogP contribution in [0.2, 0.25) is 0 Å². The molecule has 2 atom stereocenters. The molecule has 2 rings (SSSR count). The van der Waals surface area contributed by atoms with Gasteiger partial charge in [-0.25, -0.2) is 4.79 Å². The number of carboxylic acids is 1. The van der Waals surface area contributed by atoms with E-state index < -0.39 is 12.0 Å². The number of carbonyl (C=O) groups is 2. The average molecular weight is 255 g/mol. The highest BCUT2D eigenvalue weighted by Crippen LogP contribution is 2.32. The van der Waals surface area contributed by atoms with Gasteiger partial charge in [0.2, 0.25) is 0 Å². The fraction of sp³-hybridized carbons (Fsp3) is 0.500. The van der Waals surface area contributed by atoms with Crippen molar-refractivity contribution in [2.45, 2.75) is 24.8 Å². The maximum atomic E-state index is 12.2. The second-order valence-electron chi connectivity index (χ2n) is 3.75. The van der Waals surface area contributed by atoms with Gasteiger partial charge in [0.25, 0.3) is 5.91 Å². The van der Waals surface area contributed by atoms with Crippen LogP contribution in [-0.2, 0) is 4.79 Å². The normalized spacial score (nSPS) is 23.9. The third kappa shape index (κ3) is 2.14. The molecule has 1 aliphatic rings. The molecule has 2 heterocycles. The van der Waals surface area contributed by atoms with Gasteiger partial charge in [0.15, 0.2) is 0 Å². The van der Waals surface area contributed by atoms with Gasteiger partial charge in [-0.2, -0.15) is 5.10 Å². The number of rotatable bonds is 3. The van der Waals surface area contributed by atoms with Gasteiger partial charge >= 0.3 is 5.97 Å². The SMILES string of the molecule is CCC1SCC(C(=O)O)N1C(=O)c1cn[nH]c1. The van der Waals surface area contributed by atoms with Gasteiger partial charge in [-0.05, 0) is 6.42 Å². The largest absolute Gasteiger partial charge is 0.480 e. The number of aromatic amines is 1. The Morgan fingerprint density at radius 3 is 3.00 bits per heavy atom. The smallest absolute Gasteiger partial charge is 0.327 e. The molecule has 92 valence electrons. The second kappa shape index (κ2) is 4.79. The van der Waals surface area contributed by atoms with Crippen LogP contribution in [-0.4, -0.2) is 49.2 Å². The van der Waals surface area contributed by atoms with E-state index in [1.165, 1.54) is 29.1 Å². The van der Waals surface area contributed by atoms with Gasteiger partial charge in [0, 0.05) is 11.9 Å². The van der Waals surface area contributed by atoms with E-state index in [1.807, 2.05) is 6.92 Å². The molecule has 0 spiro atoms. The van der Waals surface area contributed by atoms with Crippen LogP contribution in [0, 0.1) is 0 Å². The molecule has 1 aromatic heterocycles. The van der Waals surface area contributed by atoms with E-state index in [0.29, 0.717) is 11.3 Å². The lowest BCUT2D eigenvalue weighted by molar-refractivity contribution is -0.141. The summed E-state index contributed by atoms with van der Waals surface area (Å²) in [5.41, 5.74) is 0.400. The third-order valence-electron chi connectivity index (χ3n) is 2.71. The van der Waals surface area contributed by atoms with Crippen molar-refractivity contribution in [2.24, 2.45) is 0 Å². The number of aliphatic carboxylic acids is 1. The van der Waals surface area contributed by atoms with E-state index in [2.05, 4.69) is 10.2 Å². The summed E-state index contributed by atoms with van der Waals surface area (Å²) in [7, 11) is 0. The van der Waals surface area contributed by atoms with Crippen molar-refractivity contribution in [1.29, 1.82) is 0 Å². The summed E-state index contributed by atoms with van der Waals surface area (Å²) in [6.07, 6.45) is 3.63. The second-order valence-corrected chi connectivity index (χ2v) is 4.96. The quantitative estimate of drug-likeness (QED) is 0.833. The molecular formula is C10H13N3O3S. The molecule has 6 nitrogen and oxygen atoms in total. The fourth-order valence-electron chi connectivity index (χ4n) is 1.86. The summed E-state index contributed by atoms with van der Waals surface area (Å²) in [5, 5.41) is 15.3. The first-order chi connectivity index (χ1) is 8.15. The molecule has 1 saturated heterocycles. The number of aromatic nitrogens is 2. The van der Waals surface area contributed by atoms with Crippen LogP contribution in [0.4, 0.5) is 0 Å². The molecule has 0 bridgehead atoms. The number of carboxylic acid groups (broad SMARTS) is 1. The van der Waals surface area contributed by atoms with Crippen molar-refractivity contribution in [3.8, 4) is 0 Å². The zero-order valence-corrected chi connectivity index (χ0v) is 10.1. The molecule has 1 aliphatic heterocycles. The van der Waals surface area contributed by atoms with Crippen molar-refractivity contribution >= 4 is 23.6 Å². The lowest BCUT2D eigenvalue weighted by atomic mass is 10.2. The zero-order valence-electron chi connectivity index (χ0n) is 9.29. The number of thioether (sulfide) groups is 1. The zero-order chi connectivity index (χ0) is 12.4. The lowest BCUT2D eigenvalue weighted by Gasteiger charge is -2.26. The Balaban J connectivity index is 2.25. The molecule has 1 aromatic rings. The Morgan fingerprint density at radius 1 is 1.71 bits per heavy atom. The molecule has 0 aliphatic carbocycles. The highest BCUT2D eigenvalue weighted by Gasteiger charge is 2.41. The molecule has 17 heavy (non-hydrogen) atoms. The lowest BCUT2D eigenvalue weighted by Crippen LogP contribution is -2.45. The summed E-state index contributed by atoms with van der Waals surface area (Å²) in [5.74, 6) is -0.787. The van der Waals surface area contributed by atoms with E-state index in [9.17, 15) is 9.59 Å². The topological polar surface area (TPSA) is 86.3 Å². The van der Waals surface area contributed by atoms with E-state index in [4.69, 9.17) is 5.11 Å². The summed E-state index contributed by atoms with van der Waals surface area (Å²) < 4.78 is 0. The van der Waals surface area contributed by atoms with Gasteiger partial charge in [-0.1, -0.05) is 6.92 Å². The molecule has 1 amide bonds. The summed E-state index contributed by atoms with van der Waals surface area (Å²) in [6.45, 7) is 1.94. The molecule has 0 radical (unpaired) electrons. The van der Waals surface area contributed by atoms with Crippen molar-refractivity contribution in [2.75, 3.05) is 5.75 Å². The Hall–Kier alpha value is -1.50. The van der Waals surface area contributed by atoms with Crippen LogP contribution in [0.5, 0.6) is 0 Å². The molecule has 0 aromatic carbocycles. The number of nitrogens with zero attached hydrogens (tertiary/aromatic N) is 2. The maximum absolute atomic E-state index is 12.2. The Labute approximate surface area is 102 Å². The molecule has 2 unspecified atom stereocenters. The highest BCUT2D eigenvalue weighted by molar-refractivity contribution is 8.00. The predicted molar refractivity (Wildman–Crippen MR) is 62.7 cm³/mol. The summed E-state index contributed by atoms with van der Waals surface area (Å²) >= 11 is 1.51. The van der Waals surface area contributed by atoms with Crippen LogP contribution in [0.15, 0.2) is 12.4 Å². The minimum Gasteiger partial charge on any atom is -0.480 e. The minimum absolute atomic E-state index is 0.0708. The van der Waals surface area contributed by atoms with Crippen molar-refractivity contribution in [3.05, 3.63) is 18.0 Å². The van der Waals surface area contributed by atoms with Crippen molar-refractivity contribution in [3.63, 3.8) is 0 Å². The third-order valence-corrected chi connectivity index (χ3v) is 4.16. The van der Waals surface area contributed by atoms with Gasteiger partial charge in [-0.3, -0.25) is 9.89 Å². The number of amides is 1. The maximum Gasteiger partial charge on any atom is 0.327 e. The van der Waals surface area contributed by atoms with Crippen LogP contribution in [0.1, 0.15) is 23.7 Å². The molecule has 0 saturated carbocycles. The van der Waals surface area contributed by atoms with Gasteiger partial charge < -0.3 is 10.0 Å². The van der Waals surface area contributed by atoms with E-state index >= 15 is 0 Å². The van der Waals surface area contributed by atoms with E-state index in [1.54, 1.807) is 0 Å². The van der Waals surface area contributed by atoms with Crippen LogP contribution < -0.4 is 0 Å². The first-order valence-corrected chi connectivity index (χ1v) is 6.36. The number of hydrogen-bond acceptors (Lipinski definition) is 4. The Kier molecular flexibility index (Phi) is 3.37. The summed E-state index contributed by atoms with van der Waals surface area (Å²) in [4.78, 5) is 24.7. The van der Waals surface area contributed by atoms with E-state index in [-0.39, 0.29) is 11.3 Å². The molecular weight excluding hydrogens is 242 g/mol. The monoisotopic (exact) mass is 255 g/mol. The van der Waals surface area contributed by atoms with Crippen molar-refractivity contribution in [1.82, 2.24) is 15.1 Å². The van der Waals surface area contributed by atoms with Gasteiger partial charge in [0.1, 0.15) is 6.04 Å². The van der Waals surface area contributed by atoms with Gasteiger partial charge in [-0.15, -0.1) is 11.8 Å². The predicted octanol–water partition coefficient (Wildman–Crippen LogP) is 0.788. The minimum atomic E-state index is -0.953. The molecule has 7 heteroatoms. The van der Waals surface area contributed by atoms with E-state index in [0.717, 1.165) is 6.42 Å². The fourth-order valence-corrected chi connectivity index (χ4v) is 3.20. The number of carbonyl (C=O) groups excluding carboxylic acids is 1. The Bertz CT molecular complexity index is 420. The first kappa shape index (κ1) is 12.0. The van der Waals surface area contributed by atoms with Crippen LogP contribution >= 0.6 is 11.8 Å². The molecule has 1 fully saturated rings. The number of H-pyrrole nitrogens is 1. The number of nitrogens with one attached hydrogen (secondary N) is 1. The van der Waals surface area contributed by atoms with Crippen molar-refractivity contribution < 1.29 is 14.7 Å². The summed E-state index contributed by atoms with van der Waals surface area (Å²) in [6, 6.07) is -0.743.